The third kappa shape index (κ3) is 2.00. The number of rotatable bonds is 2. The van der Waals surface area contributed by atoms with Gasteiger partial charge in [0.05, 0.1) is 11.2 Å². The van der Waals surface area contributed by atoms with Gasteiger partial charge in [0.15, 0.2) is 0 Å². The van der Waals surface area contributed by atoms with Crippen molar-refractivity contribution in [3.05, 3.63) is 29.8 Å². The highest BCUT2D eigenvalue weighted by molar-refractivity contribution is 6.62. The van der Waals surface area contributed by atoms with Crippen LogP contribution in [-0.2, 0) is 9.31 Å². The van der Waals surface area contributed by atoms with Crippen molar-refractivity contribution in [2.45, 2.75) is 57.7 Å². The second-order valence-electron chi connectivity index (χ2n) is 6.53. The zero-order chi connectivity index (χ0) is 13.0. The molecule has 0 unspecified atom stereocenters. The minimum Gasteiger partial charge on any atom is -0.399 e. The molecule has 2 nitrogen and oxygen atoms in total. The molecule has 1 aromatic carbocycles. The first-order valence-electron chi connectivity index (χ1n) is 6.84. The minimum atomic E-state index is -0.257. The van der Waals surface area contributed by atoms with Crippen LogP contribution >= 0.6 is 0 Å². The summed E-state index contributed by atoms with van der Waals surface area (Å²) >= 11 is 0. The molecule has 0 aromatic heterocycles. The van der Waals surface area contributed by atoms with Crippen molar-refractivity contribution in [2.75, 3.05) is 0 Å². The van der Waals surface area contributed by atoms with Crippen LogP contribution in [0.5, 0.6) is 0 Å². The first kappa shape index (κ1) is 12.2. The molecule has 0 amide bonds. The van der Waals surface area contributed by atoms with Crippen molar-refractivity contribution in [1.82, 2.24) is 0 Å². The summed E-state index contributed by atoms with van der Waals surface area (Å²) in [5.41, 5.74) is 2.07. The molecule has 0 N–H and O–H groups in total. The second kappa shape index (κ2) is 3.85. The Balaban J connectivity index is 1.86. The van der Waals surface area contributed by atoms with Crippen LogP contribution in [0.2, 0.25) is 0 Å². The van der Waals surface area contributed by atoms with Gasteiger partial charge >= 0.3 is 7.12 Å². The monoisotopic (exact) mass is 244 g/mol. The summed E-state index contributed by atoms with van der Waals surface area (Å²) in [6.45, 7) is 8.38. The van der Waals surface area contributed by atoms with E-state index in [0.717, 1.165) is 11.4 Å². The molecule has 96 valence electrons. The fourth-order valence-electron chi connectivity index (χ4n) is 2.36. The molecule has 1 aliphatic carbocycles. The third-order valence-electron chi connectivity index (χ3n) is 4.48. The summed E-state index contributed by atoms with van der Waals surface area (Å²) in [7, 11) is -0.228. The Hall–Kier alpha value is -0.795. The number of benzene rings is 1. The summed E-state index contributed by atoms with van der Waals surface area (Å²) in [4.78, 5) is 0. The van der Waals surface area contributed by atoms with Gasteiger partial charge in [0.2, 0.25) is 0 Å². The molecule has 2 aliphatic rings. The zero-order valence-corrected chi connectivity index (χ0v) is 11.7. The lowest BCUT2D eigenvalue weighted by Crippen LogP contribution is -2.41. The van der Waals surface area contributed by atoms with Crippen LogP contribution in [0.3, 0.4) is 0 Å². The summed E-state index contributed by atoms with van der Waals surface area (Å²) in [5, 5.41) is 0. The third-order valence-corrected chi connectivity index (χ3v) is 4.48. The molecule has 1 aliphatic heterocycles. The summed E-state index contributed by atoms with van der Waals surface area (Å²) in [5.74, 6) is 0.771. The maximum absolute atomic E-state index is 6.08. The van der Waals surface area contributed by atoms with Crippen molar-refractivity contribution in [2.24, 2.45) is 0 Å². The molecule has 3 heteroatoms. The van der Waals surface area contributed by atoms with E-state index in [2.05, 4.69) is 52.0 Å². The van der Waals surface area contributed by atoms with Crippen molar-refractivity contribution >= 4 is 12.6 Å². The second-order valence-corrected chi connectivity index (χ2v) is 6.53. The Kier molecular flexibility index (Phi) is 2.62. The molecule has 3 rings (SSSR count). The van der Waals surface area contributed by atoms with E-state index < -0.39 is 0 Å². The maximum atomic E-state index is 6.08. The Morgan fingerprint density at radius 1 is 1.06 bits per heavy atom. The van der Waals surface area contributed by atoms with Crippen LogP contribution in [0.15, 0.2) is 24.3 Å². The summed E-state index contributed by atoms with van der Waals surface area (Å²) in [6.07, 6.45) is 2.65. The lowest BCUT2D eigenvalue weighted by molar-refractivity contribution is 0.00578. The standard InChI is InChI=1S/C15H21BO2/c1-14(2)15(3,4)18-16(17-14)13-7-5-6-12(10-13)11-8-9-11/h5-7,10-11H,8-9H2,1-4H3. The predicted molar refractivity (Wildman–Crippen MR) is 74.1 cm³/mol. The van der Waals surface area contributed by atoms with E-state index in [1.165, 1.54) is 18.4 Å². The van der Waals surface area contributed by atoms with Gasteiger partial charge < -0.3 is 9.31 Å². The van der Waals surface area contributed by atoms with Crippen LogP contribution in [0.4, 0.5) is 0 Å². The Morgan fingerprint density at radius 3 is 2.22 bits per heavy atom. The molecule has 1 aromatic rings. The normalized spacial score (nSPS) is 25.4. The van der Waals surface area contributed by atoms with Crippen molar-refractivity contribution in [3.8, 4) is 0 Å². The fourth-order valence-corrected chi connectivity index (χ4v) is 2.36. The van der Waals surface area contributed by atoms with Crippen molar-refractivity contribution in [3.63, 3.8) is 0 Å². The molecule has 0 radical (unpaired) electrons. The molecule has 0 atom stereocenters. The van der Waals surface area contributed by atoms with Gasteiger partial charge in [-0.3, -0.25) is 0 Å². The van der Waals surface area contributed by atoms with E-state index in [1.54, 1.807) is 0 Å². The SMILES string of the molecule is CC1(C)OB(c2cccc(C3CC3)c2)OC1(C)C. The molecular weight excluding hydrogens is 223 g/mol. The Morgan fingerprint density at radius 2 is 1.67 bits per heavy atom. The average molecular weight is 244 g/mol. The molecular formula is C15H21BO2. The lowest BCUT2D eigenvalue weighted by Gasteiger charge is -2.32. The molecule has 0 spiro atoms. The number of hydrogen-bond donors (Lipinski definition) is 0. The van der Waals surface area contributed by atoms with Gasteiger partial charge in [0.25, 0.3) is 0 Å². The van der Waals surface area contributed by atoms with Crippen LogP contribution < -0.4 is 5.46 Å². The van der Waals surface area contributed by atoms with E-state index in [0.29, 0.717) is 0 Å². The van der Waals surface area contributed by atoms with Crippen LogP contribution in [-0.4, -0.2) is 18.3 Å². The first-order chi connectivity index (χ1) is 8.39. The maximum Gasteiger partial charge on any atom is 0.494 e. The Labute approximate surface area is 110 Å². The highest BCUT2D eigenvalue weighted by atomic mass is 16.7. The van der Waals surface area contributed by atoms with E-state index in [1.807, 2.05) is 0 Å². The van der Waals surface area contributed by atoms with Gasteiger partial charge in [-0.05, 0) is 57.5 Å². The largest absolute Gasteiger partial charge is 0.494 e. The lowest BCUT2D eigenvalue weighted by atomic mass is 9.78. The molecule has 1 saturated heterocycles. The molecule has 1 saturated carbocycles. The smallest absolute Gasteiger partial charge is 0.399 e. The van der Waals surface area contributed by atoms with Crippen LogP contribution in [0.25, 0.3) is 0 Å². The first-order valence-corrected chi connectivity index (χ1v) is 6.84. The minimum absolute atomic E-state index is 0.228. The van der Waals surface area contributed by atoms with Gasteiger partial charge in [0.1, 0.15) is 0 Å². The van der Waals surface area contributed by atoms with E-state index in [9.17, 15) is 0 Å². The highest BCUT2D eigenvalue weighted by Crippen LogP contribution is 2.40. The average Bonchev–Trinajstić information content (AvgIpc) is 3.08. The van der Waals surface area contributed by atoms with E-state index in [4.69, 9.17) is 9.31 Å². The molecule has 2 fully saturated rings. The van der Waals surface area contributed by atoms with Gasteiger partial charge in [-0.2, -0.15) is 0 Å². The predicted octanol–water partition coefficient (Wildman–Crippen LogP) is 2.86. The summed E-state index contributed by atoms with van der Waals surface area (Å²) in [6, 6.07) is 8.69. The molecule has 0 bridgehead atoms. The van der Waals surface area contributed by atoms with Gasteiger partial charge in [0, 0.05) is 0 Å². The van der Waals surface area contributed by atoms with E-state index >= 15 is 0 Å². The quantitative estimate of drug-likeness (QED) is 0.745. The van der Waals surface area contributed by atoms with Crippen LogP contribution in [0, 0.1) is 0 Å². The van der Waals surface area contributed by atoms with Gasteiger partial charge in [-0.25, -0.2) is 0 Å². The van der Waals surface area contributed by atoms with Crippen molar-refractivity contribution < 1.29 is 9.31 Å². The summed E-state index contributed by atoms with van der Waals surface area (Å²) < 4.78 is 12.2. The van der Waals surface area contributed by atoms with Crippen LogP contribution in [0.1, 0.15) is 52.0 Å². The van der Waals surface area contributed by atoms with Gasteiger partial charge in [-0.15, -0.1) is 0 Å². The topological polar surface area (TPSA) is 18.5 Å². The van der Waals surface area contributed by atoms with Gasteiger partial charge in [-0.1, -0.05) is 24.3 Å². The van der Waals surface area contributed by atoms with Crippen molar-refractivity contribution in [1.29, 1.82) is 0 Å². The Bertz CT molecular complexity index is 447. The zero-order valence-electron chi connectivity index (χ0n) is 11.7. The van der Waals surface area contributed by atoms with E-state index in [-0.39, 0.29) is 18.3 Å². The molecule has 18 heavy (non-hydrogen) atoms. The fraction of sp³-hybridized carbons (Fsp3) is 0.600. The highest BCUT2D eigenvalue weighted by Gasteiger charge is 2.51. The molecule has 1 heterocycles. The number of hydrogen-bond acceptors (Lipinski definition) is 2.